The number of anilines is 1. The van der Waals surface area contributed by atoms with E-state index in [0.717, 1.165) is 12.3 Å². The van der Waals surface area contributed by atoms with Crippen LogP contribution in [0.15, 0.2) is 18.2 Å². The van der Waals surface area contributed by atoms with E-state index in [1.807, 2.05) is 0 Å². The van der Waals surface area contributed by atoms with Gasteiger partial charge in [-0.2, -0.15) is 0 Å². The van der Waals surface area contributed by atoms with Crippen molar-refractivity contribution in [1.82, 2.24) is 0 Å². The average Bonchev–Trinajstić information content (AvgIpc) is 2.54. The lowest BCUT2D eigenvalue weighted by Gasteiger charge is -2.26. The number of nitrogens with zero attached hydrogens (tertiary/aromatic N) is 1. The molecule has 2 N–H and O–H groups in total. The molecule has 0 amide bonds. The van der Waals surface area contributed by atoms with Crippen LogP contribution in [0.1, 0.15) is 44.2 Å². The summed E-state index contributed by atoms with van der Waals surface area (Å²) in [6, 6.07) is 7.07. The van der Waals surface area contributed by atoms with E-state index in [0.29, 0.717) is 0 Å². The van der Waals surface area contributed by atoms with Crippen molar-refractivity contribution in [1.29, 1.82) is 0 Å². The highest BCUT2D eigenvalue weighted by atomic mass is 15.1. The summed E-state index contributed by atoms with van der Waals surface area (Å²) in [5.74, 6) is 0.868. The maximum absolute atomic E-state index is 6.01. The first-order valence-corrected chi connectivity index (χ1v) is 7.66. The van der Waals surface area contributed by atoms with Crippen LogP contribution >= 0.6 is 0 Å². The third-order valence-corrected chi connectivity index (χ3v) is 4.13. The number of rotatable bonds is 3. The normalized spacial score (nSPS) is 22.1. The van der Waals surface area contributed by atoms with Crippen molar-refractivity contribution in [3.63, 3.8) is 0 Å². The summed E-state index contributed by atoms with van der Waals surface area (Å²) < 4.78 is 0. The Labute approximate surface area is 118 Å². The second-order valence-corrected chi connectivity index (χ2v) is 6.34. The third kappa shape index (κ3) is 3.97. The first kappa shape index (κ1) is 14.4. The van der Waals surface area contributed by atoms with Crippen LogP contribution in [0.5, 0.6) is 0 Å². The average molecular weight is 260 g/mol. The van der Waals surface area contributed by atoms with Gasteiger partial charge in [0.2, 0.25) is 0 Å². The number of aryl methyl sites for hydroxylation is 1. The molecule has 1 heterocycles. The van der Waals surface area contributed by atoms with Crippen molar-refractivity contribution in [2.24, 2.45) is 11.7 Å². The Bertz CT molecular complexity index is 412. The van der Waals surface area contributed by atoms with Gasteiger partial charge >= 0.3 is 0 Å². The maximum atomic E-state index is 6.01. The van der Waals surface area contributed by atoms with Crippen molar-refractivity contribution in [3.05, 3.63) is 29.3 Å². The molecular weight excluding hydrogens is 232 g/mol. The summed E-state index contributed by atoms with van der Waals surface area (Å²) in [5.41, 5.74) is 10.2. The van der Waals surface area contributed by atoms with Crippen LogP contribution in [0, 0.1) is 12.8 Å². The molecule has 2 unspecified atom stereocenters. The minimum Gasteiger partial charge on any atom is -0.371 e. The van der Waals surface area contributed by atoms with Crippen molar-refractivity contribution >= 4 is 5.69 Å². The molecule has 1 aromatic carbocycles. The van der Waals surface area contributed by atoms with Crippen LogP contribution in [0.25, 0.3) is 0 Å². The molecule has 0 saturated carbocycles. The van der Waals surface area contributed by atoms with Crippen LogP contribution in [0.3, 0.4) is 0 Å². The second kappa shape index (κ2) is 6.42. The monoisotopic (exact) mass is 260 g/mol. The Morgan fingerprint density at radius 2 is 2.11 bits per heavy atom. The van der Waals surface area contributed by atoms with Crippen LogP contribution in [0.4, 0.5) is 5.69 Å². The Morgan fingerprint density at radius 3 is 2.84 bits per heavy atom. The topological polar surface area (TPSA) is 29.3 Å². The predicted octanol–water partition coefficient (Wildman–Crippen LogP) is 3.51. The standard InChI is InChI=1S/C17H28N2/c1-13-5-4-9-19(10-8-13)17-7-6-14(2)11-16(17)12-15(3)18/h6-7,11,13,15H,4-5,8-10,12,18H2,1-3H3. The van der Waals surface area contributed by atoms with Gasteiger partial charge in [0.05, 0.1) is 0 Å². The largest absolute Gasteiger partial charge is 0.371 e. The van der Waals surface area contributed by atoms with E-state index in [1.165, 1.54) is 49.2 Å². The van der Waals surface area contributed by atoms with Gasteiger partial charge in [0.15, 0.2) is 0 Å². The molecule has 0 aromatic heterocycles. The SMILES string of the molecule is Cc1ccc(N2CCCC(C)CC2)c(CC(C)N)c1. The highest BCUT2D eigenvalue weighted by molar-refractivity contribution is 5.55. The summed E-state index contributed by atoms with van der Waals surface area (Å²) in [6.07, 6.45) is 4.96. The van der Waals surface area contributed by atoms with Gasteiger partial charge in [0, 0.05) is 24.8 Å². The molecule has 0 bridgehead atoms. The first-order chi connectivity index (χ1) is 9.06. The molecule has 2 atom stereocenters. The lowest BCUT2D eigenvalue weighted by Crippen LogP contribution is -2.27. The second-order valence-electron chi connectivity index (χ2n) is 6.34. The van der Waals surface area contributed by atoms with Gasteiger partial charge in [-0.15, -0.1) is 0 Å². The Morgan fingerprint density at radius 1 is 1.32 bits per heavy atom. The van der Waals surface area contributed by atoms with Crippen LogP contribution in [0.2, 0.25) is 0 Å². The molecule has 106 valence electrons. The molecule has 1 aromatic rings. The molecule has 19 heavy (non-hydrogen) atoms. The molecular formula is C17H28N2. The van der Waals surface area contributed by atoms with Gasteiger partial charge in [-0.05, 0) is 57.1 Å². The zero-order valence-corrected chi connectivity index (χ0v) is 12.7. The van der Waals surface area contributed by atoms with E-state index in [9.17, 15) is 0 Å². The molecule has 2 heteroatoms. The molecule has 2 rings (SSSR count). The van der Waals surface area contributed by atoms with E-state index in [1.54, 1.807) is 0 Å². The van der Waals surface area contributed by atoms with Gasteiger partial charge in [0.1, 0.15) is 0 Å². The van der Waals surface area contributed by atoms with Crippen LogP contribution < -0.4 is 10.6 Å². The number of hydrogen-bond acceptors (Lipinski definition) is 2. The molecule has 1 fully saturated rings. The van der Waals surface area contributed by atoms with E-state index in [-0.39, 0.29) is 6.04 Å². The van der Waals surface area contributed by atoms with Gasteiger partial charge in [-0.3, -0.25) is 0 Å². The Kier molecular flexibility index (Phi) is 4.87. The smallest absolute Gasteiger partial charge is 0.0399 e. The third-order valence-electron chi connectivity index (χ3n) is 4.13. The number of hydrogen-bond donors (Lipinski definition) is 1. The fourth-order valence-electron chi connectivity index (χ4n) is 3.04. The Hall–Kier alpha value is -1.02. The minimum absolute atomic E-state index is 0.228. The maximum Gasteiger partial charge on any atom is 0.0399 e. The van der Waals surface area contributed by atoms with Gasteiger partial charge < -0.3 is 10.6 Å². The van der Waals surface area contributed by atoms with Crippen molar-refractivity contribution in [2.75, 3.05) is 18.0 Å². The van der Waals surface area contributed by atoms with Crippen molar-refractivity contribution < 1.29 is 0 Å². The fraction of sp³-hybridized carbons (Fsp3) is 0.647. The van der Waals surface area contributed by atoms with E-state index in [2.05, 4.69) is 43.9 Å². The van der Waals surface area contributed by atoms with E-state index in [4.69, 9.17) is 5.73 Å². The van der Waals surface area contributed by atoms with Gasteiger partial charge in [0.25, 0.3) is 0 Å². The highest BCUT2D eigenvalue weighted by Crippen LogP contribution is 2.27. The minimum atomic E-state index is 0.228. The molecule has 0 radical (unpaired) electrons. The molecule has 2 nitrogen and oxygen atoms in total. The summed E-state index contributed by atoms with van der Waals surface area (Å²) in [6.45, 7) is 9.02. The zero-order chi connectivity index (χ0) is 13.8. The summed E-state index contributed by atoms with van der Waals surface area (Å²) >= 11 is 0. The first-order valence-electron chi connectivity index (χ1n) is 7.66. The van der Waals surface area contributed by atoms with Crippen LogP contribution in [-0.4, -0.2) is 19.1 Å². The van der Waals surface area contributed by atoms with Crippen molar-refractivity contribution in [2.45, 2.75) is 52.5 Å². The molecule has 1 saturated heterocycles. The van der Waals surface area contributed by atoms with Crippen LogP contribution in [-0.2, 0) is 6.42 Å². The fourth-order valence-corrected chi connectivity index (χ4v) is 3.04. The number of benzene rings is 1. The van der Waals surface area contributed by atoms with Crippen molar-refractivity contribution in [3.8, 4) is 0 Å². The molecule has 0 aliphatic carbocycles. The van der Waals surface area contributed by atoms with E-state index < -0.39 is 0 Å². The predicted molar refractivity (Wildman–Crippen MR) is 83.8 cm³/mol. The quantitative estimate of drug-likeness (QED) is 0.901. The summed E-state index contributed by atoms with van der Waals surface area (Å²) in [4.78, 5) is 2.57. The van der Waals surface area contributed by atoms with Gasteiger partial charge in [-0.1, -0.05) is 24.6 Å². The van der Waals surface area contributed by atoms with Gasteiger partial charge in [-0.25, -0.2) is 0 Å². The summed E-state index contributed by atoms with van der Waals surface area (Å²) in [5, 5.41) is 0. The highest BCUT2D eigenvalue weighted by Gasteiger charge is 2.17. The summed E-state index contributed by atoms with van der Waals surface area (Å²) in [7, 11) is 0. The molecule has 1 aliphatic heterocycles. The molecule has 1 aliphatic rings. The Balaban J connectivity index is 2.22. The van der Waals surface area contributed by atoms with E-state index >= 15 is 0 Å². The lowest BCUT2D eigenvalue weighted by atomic mass is 10.0. The lowest BCUT2D eigenvalue weighted by molar-refractivity contribution is 0.521. The number of nitrogens with two attached hydrogens (primary N) is 1. The molecule has 0 spiro atoms. The zero-order valence-electron chi connectivity index (χ0n) is 12.7.